The number of carbonyl (C=O) groups is 3. The number of likely N-dealkylation sites (tertiary alicyclic amines) is 2. The molecule has 0 bridgehead atoms. The average molecular weight is 376 g/mol. The minimum atomic E-state index is -1.76. The van der Waals surface area contributed by atoms with Crippen molar-refractivity contribution in [2.45, 2.75) is 31.4 Å². The lowest BCUT2D eigenvalue weighted by Crippen LogP contribution is -2.52. The van der Waals surface area contributed by atoms with Crippen LogP contribution < -0.4 is 4.74 Å². The SMILES string of the molecule is COc1ccc(CN2CC(C(=O)N3CCC(O)(C(=O)O)CC3)CC2=O)cc1. The molecule has 8 heteroatoms. The van der Waals surface area contributed by atoms with Gasteiger partial charge in [0.05, 0.1) is 13.0 Å². The van der Waals surface area contributed by atoms with Gasteiger partial charge in [0.2, 0.25) is 11.8 Å². The standard InChI is InChI=1S/C19H24N2O6/c1-27-15-4-2-13(3-5-15)11-21-12-14(10-16(21)22)17(23)20-8-6-19(26,7-9-20)18(24)25/h2-5,14,26H,6-12H2,1H3,(H,24,25). The largest absolute Gasteiger partial charge is 0.497 e. The highest BCUT2D eigenvalue weighted by Gasteiger charge is 2.43. The van der Waals surface area contributed by atoms with Crippen LogP contribution in [0.2, 0.25) is 0 Å². The smallest absolute Gasteiger partial charge is 0.335 e. The lowest BCUT2D eigenvalue weighted by atomic mass is 9.91. The molecule has 2 aliphatic heterocycles. The van der Waals surface area contributed by atoms with Crippen LogP contribution in [0.1, 0.15) is 24.8 Å². The number of methoxy groups -OCH3 is 1. The number of hydrogen-bond acceptors (Lipinski definition) is 5. The van der Waals surface area contributed by atoms with Gasteiger partial charge in [-0.05, 0) is 17.7 Å². The van der Waals surface area contributed by atoms with Crippen molar-refractivity contribution in [3.63, 3.8) is 0 Å². The summed E-state index contributed by atoms with van der Waals surface area (Å²) in [5.74, 6) is -1.15. The van der Waals surface area contributed by atoms with Crippen LogP contribution in [0.5, 0.6) is 5.75 Å². The van der Waals surface area contributed by atoms with Crippen LogP contribution in [0.15, 0.2) is 24.3 Å². The summed E-state index contributed by atoms with van der Waals surface area (Å²) in [6, 6.07) is 7.43. The number of carboxylic acids is 1. The quantitative estimate of drug-likeness (QED) is 0.774. The number of aliphatic carboxylic acids is 1. The van der Waals surface area contributed by atoms with E-state index < -0.39 is 17.5 Å². The first-order chi connectivity index (χ1) is 12.8. The third-order valence-electron chi connectivity index (χ3n) is 5.40. The molecule has 2 fully saturated rings. The molecule has 2 N–H and O–H groups in total. The van der Waals surface area contributed by atoms with Crippen LogP contribution in [0.25, 0.3) is 0 Å². The topological polar surface area (TPSA) is 107 Å². The first-order valence-electron chi connectivity index (χ1n) is 8.97. The first kappa shape index (κ1) is 19.2. The van der Waals surface area contributed by atoms with Gasteiger partial charge in [-0.15, -0.1) is 0 Å². The van der Waals surface area contributed by atoms with E-state index in [1.165, 1.54) is 0 Å². The van der Waals surface area contributed by atoms with Crippen molar-refractivity contribution >= 4 is 17.8 Å². The van der Waals surface area contributed by atoms with Gasteiger partial charge < -0.3 is 24.7 Å². The highest BCUT2D eigenvalue weighted by molar-refractivity contribution is 5.89. The van der Waals surface area contributed by atoms with Crippen molar-refractivity contribution in [3.05, 3.63) is 29.8 Å². The first-order valence-corrected chi connectivity index (χ1v) is 8.97. The lowest BCUT2D eigenvalue weighted by Gasteiger charge is -2.36. The van der Waals surface area contributed by atoms with Gasteiger partial charge in [0, 0.05) is 45.4 Å². The molecule has 0 aromatic heterocycles. The molecule has 3 rings (SSSR count). The number of ether oxygens (including phenoxy) is 1. The molecular formula is C19H24N2O6. The minimum absolute atomic E-state index is 0.00427. The Morgan fingerprint density at radius 2 is 1.85 bits per heavy atom. The number of carboxylic acid groups (broad SMARTS) is 1. The molecule has 146 valence electrons. The van der Waals surface area contributed by atoms with E-state index in [2.05, 4.69) is 0 Å². The molecule has 0 saturated carbocycles. The fourth-order valence-corrected chi connectivity index (χ4v) is 3.61. The fraction of sp³-hybridized carbons (Fsp3) is 0.526. The second-order valence-electron chi connectivity index (χ2n) is 7.19. The number of nitrogens with zero attached hydrogens (tertiary/aromatic N) is 2. The van der Waals surface area contributed by atoms with Gasteiger partial charge in [0.25, 0.3) is 0 Å². The van der Waals surface area contributed by atoms with Gasteiger partial charge in [0.1, 0.15) is 5.75 Å². The van der Waals surface area contributed by atoms with E-state index in [1.54, 1.807) is 16.9 Å². The molecule has 0 aliphatic carbocycles. The Morgan fingerprint density at radius 3 is 2.41 bits per heavy atom. The summed E-state index contributed by atoms with van der Waals surface area (Å²) in [5.41, 5.74) is -0.801. The minimum Gasteiger partial charge on any atom is -0.497 e. The zero-order chi connectivity index (χ0) is 19.6. The van der Waals surface area contributed by atoms with Crippen molar-refractivity contribution < 1.29 is 29.3 Å². The molecule has 1 unspecified atom stereocenters. The van der Waals surface area contributed by atoms with Crippen molar-refractivity contribution in [2.75, 3.05) is 26.7 Å². The predicted molar refractivity (Wildman–Crippen MR) is 94.9 cm³/mol. The third kappa shape index (κ3) is 4.05. The Kier molecular flexibility index (Phi) is 5.36. The number of benzene rings is 1. The zero-order valence-electron chi connectivity index (χ0n) is 15.3. The van der Waals surface area contributed by atoms with E-state index in [0.29, 0.717) is 13.1 Å². The van der Waals surface area contributed by atoms with Crippen molar-refractivity contribution in [3.8, 4) is 5.75 Å². The third-order valence-corrected chi connectivity index (χ3v) is 5.40. The number of rotatable bonds is 5. The number of piperidine rings is 1. The Balaban J connectivity index is 1.56. The predicted octanol–water partition coefficient (Wildman–Crippen LogP) is 0.482. The monoisotopic (exact) mass is 376 g/mol. The number of carbonyl (C=O) groups excluding carboxylic acids is 2. The fourth-order valence-electron chi connectivity index (χ4n) is 3.61. The highest BCUT2D eigenvalue weighted by atomic mass is 16.5. The Labute approximate surface area is 157 Å². The van der Waals surface area contributed by atoms with Gasteiger partial charge in [-0.2, -0.15) is 0 Å². The van der Waals surface area contributed by atoms with Crippen molar-refractivity contribution in [2.24, 2.45) is 5.92 Å². The lowest BCUT2D eigenvalue weighted by molar-refractivity contribution is -0.165. The normalized spacial score (nSPS) is 22.0. The average Bonchev–Trinajstić information content (AvgIpc) is 3.03. The van der Waals surface area contributed by atoms with Crippen molar-refractivity contribution in [1.29, 1.82) is 0 Å². The van der Waals surface area contributed by atoms with Gasteiger partial charge in [0.15, 0.2) is 5.60 Å². The summed E-state index contributed by atoms with van der Waals surface area (Å²) in [4.78, 5) is 39.3. The van der Waals surface area contributed by atoms with Crippen LogP contribution in [0.4, 0.5) is 0 Å². The van der Waals surface area contributed by atoms with E-state index in [0.717, 1.165) is 11.3 Å². The van der Waals surface area contributed by atoms with Gasteiger partial charge in [-0.25, -0.2) is 4.79 Å². The Hall–Kier alpha value is -2.61. The molecule has 2 amide bonds. The summed E-state index contributed by atoms with van der Waals surface area (Å²) in [6.45, 7) is 1.16. The molecular weight excluding hydrogens is 352 g/mol. The van der Waals surface area contributed by atoms with E-state index in [1.807, 2.05) is 24.3 Å². The Bertz CT molecular complexity index is 724. The van der Waals surface area contributed by atoms with Gasteiger partial charge in [-0.1, -0.05) is 12.1 Å². The number of hydrogen-bond donors (Lipinski definition) is 2. The molecule has 1 atom stereocenters. The van der Waals surface area contributed by atoms with Crippen LogP contribution in [-0.2, 0) is 20.9 Å². The molecule has 0 radical (unpaired) electrons. The molecule has 2 heterocycles. The summed E-state index contributed by atoms with van der Waals surface area (Å²) < 4.78 is 5.12. The zero-order valence-corrected chi connectivity index (χ0v) is 15.3. The van der Waals surface area contributed by atoms with Crippen LogP contribution in [0.3, 0.4) is 0 Å². The van der Waals surface area contributed by atoms with Gasteiger partial charge >= 0.3 is 5.97 Å². The highest BCUT2D eigenvalue weighted by Crippen LogP contribution is 2.27. The summed E-state index contributed by atoms with van der Waals surface area (Å²) in [6.07, 6.45) is 0.170. The number of aliphatic hydroxyl groups is 1. The molecule has 27 heavy (non-hydrogen) atoms. The maximum absolute atomic E-state index is 12.7. The molecule has 2 saturated heterocycles. The maximum atomic E-state index is 12.7. The molecule has 1 aromatic carbocycles. The molecule has 8 nitrogen and oxygen atoms in total. The molecule has 2 aliphatic rings. The van der Waals surface area contributed by atoms with E-state index in [4.69, 9.17) is 9.84 Å². The number of amides is 2. The maximum Gasteiger partial charge on any atom is 0.335 e. The van der Waals surface area contributed by atoms with E-state index >= 15 is 0 Å². The molecule has 0 spiro atoms. The molecule has 1 aromatic rings. The van der Waals surface area contributed by atoms with Crippen LogP contribution in [-0.4, -0.2) is 70.1 Å². The van der Waals surface area contributed by atoms with Gasteiger partial charge in [-0.3, -0.25) is 9.59 Å². The Morgan fingerprint density at radius 1 is 1.22 bits per heavy atom. The van der Waals surface area contributed by atoms with Crippen molar-refractivity contribution in [1.82, 2.24) is 9.80 Å². The van der Waals surface area contributed by atoms with E-state index in [9.17, 15) is 19.5 Å². The summed E-state index contributed by atoms with van der Waals surface area (Å²) in [7, 11) is 1.59. The van der Waals surface area contributed by atoms with Crippen LogP contribution >= 0.6 is 0 Å². The second kappa shape index (κ2) is 7.56. The summed E-state index contributed by atoms with van der Waals surface area (Å²) in [5, 5.41) is 19.1. The second-order valence-corrected chi connectivity index (χ2v) is 7.19. The van der Waals surface area contributed by atoms with E-state index in [-0.39, 0.29) is 44.2 Å². The van der Waals surface area contributed by atoms with Crippen LogP contribution in [0, 0.1) is 5.92 Å². The summed E-state index contributed by atoms with van der Waals surface area (Å²) >= 11 is 0.